The predicted octanol–water partition coefficient (Wildman–Crippen LogP) is 6.07. The summed E-state index contributed by atoms with van der Waals surface area (Å²) in [6.45, 7) is 2.97. The molecule has 0 N–H and O–H groups in total. The molecular formula is C25H27F3N2O. The van der Waals surface area contributed by atoms with E-state index in [-0.39, 0.29) is 5.78 Å². The zero-order chi connectivity index (χ0) is 22.0. The number of likely N-dealkylation sites (tertiary alicyclic amines) is 1. The molecule has 31 heavy (non-hydrogen) atoms. The molecule has 1 aliphatic rings. The van der Waals surface area contributed by atoms with Crippen molar-refractivity contribution < 1.29 is 18.0 Å². The summed E-state index contributed by atoms with van der Waals surface area (Å²) in [4.78, 5) is 15.3. The maximum absolute atomic E-state index is 13.1. The second-order valence-corrected chi connectivity index (χ2v) is 8.55. The smallest absolute Gasteiger partial charge is 0.350 e. The first-order valence-corrected chi connectivity index (χ1v) is 10.8. The number of aryl methyl sites for hydroxylation is 1. The van der Waals surface area contributed by atoms with Crippen LogP contribution in [0, 0.1) is 5.92 Å². The van der Waals surface area contributed by atoms with Gasteiger partial charge in [0, 0.05) is 42.7 Å². The number of carbonyl (C=O) groups is 1. The lowest BCUT2D eigenvalue weighted by Crippen LogP contribution is -2.33. The minimum Gasteiger partial charge on any atom is -0.350 e. The Morgan fingerprint density at radius 2 is 1.77 bits per heavy atom. The van der Waals surface area contributed by atoms with Crippen LogP contribution in [0.15, 0.2) is 54.7 Å². The van der Waals surface area contributed by atoms with E-state index in [1.54, 1.807) is 17.8 Å². The number of hydrogen-bond acceptors (Lipinski definition) is 2. The van der Waals surface area contributed by atoms with Gasteiger partial charge in [-0.25, -0.2) is 0 Å². The Bertz CT molecular complexity index is 1050. The third-order valence-electron chi connectivity index (χ3n) is 6.35. The topological polar surface area (TPSA) is 25.2 Å². The first-order valence-electron chi connectivity index (χ1n) is 10.8. The van der Waals surface area contributed by atoms with Crippen molar-refractivity contribution in [2.75, 3.05) is 13.1 Å². The Morgan fingerprint density at radius 3 is 2.45 bits per heavy atom. The molecule has 2 heterocycles. The van der Waals surface area contributed by atoms with Crippen molar-refractivity contribution in [3.05, 3.63) is 71.4 Å². The average molecular weight is 428 g/mol. The molecule has 1 fully saturated rings. The maximum Gasteiger partial charge on any atom is 0.416 e. The van der Waals surface area contributed by atoms with Crippen LogP contribution < -0.4 is 0 Å². The van der Waals surface area contributed by atoms with E-state index in [4.69, 9.17) is 0 Å². The third-order valence-corrected chi connectivity index (χ3v) is 6.35. The van der Waals surface area contributed by atoms with Crippen molar-refractivity contribution in [1.29, 1.82) is 0 Å². The van der Waals surface area contributed by atoms with Crippen LogP contribution in [-0.4, -0.2) is 28.3 Å². The van der Waals surface area contributed by atoms with Crippen molar-refractivity contribution in [3.8, 4) is 0 Å². The van der Waals surface area contributed by atoms with E-state index in [2.05, 4.69) is 29.2 Å². The van der Waals surface area contributed by atoms with Crippen LogP contribution in [0.1, 0.15) is 47.2 Å². The van der Waals surface area contributed by atoms with Gasteiger partial charge in [-0.2, -0.15) is 13.2 Å². The SMILES string of the molecule is Cn1cc(C(=O)CCC2CCN(Cc3ccccc3)CC2)c2cc(C(F)(F)F)ccc21. The van der Waals surface area contributed by atoms with Crippen molar-refractivity contribution >= 4 is 16.7 Å². The van der Waals surface area contributed by atoms with Crippen molar-refractivity contribution in [3.63, 3.8) is 0 Å². The number of piperidine rings is 1. The second-order valence-electron chi connectivity index (χ2n) is 8.55. The van der Waals surface area contributed by atoms with E-state index in [0.717, 1.165) is 51.0 Å². The molecule has 0 amide bonds. The molecule has 0 unspecified atom stereocenters. The van der Waals surface area contributed by atoms with Crippen LogP contribution in [0.25, 0.3) is 10.9 Å². The highest BCUT2D eigenvalue weighted by atomic mass is 19.4. The van der Waals surface area contributed by atoms with Gasteiger partial charge in [0.2, 0.25) is 0 Å². The number of benzene rings is 2. The monoisotopic (exact) mass is 428 g/mol. The van der Waals surface area contributed by atoms with E-state index in [0.29, 0.717) is 28.8 Å². The van der Waals surface area contributed by atoms with Crippen molar-refractivity contribution in [1.82, 2.24) is 9.47 Å². The number of carbonyl (C=O) groups excluding carboxylic acids is 1. The summed E-state index contributed by atoms with van der Waals surface area (Å²) in [7, 11) is 1.76. The van der Waals surface area contributed by atoms with Gasteiger partial charge in [0.25, 0.3) is 0 Å². The largest absolute Gasteiger partial charge is 0.416 e. The fraction of sp³-hybridized carbons (Fsp3) is 0.400. The van der Waals surface area contributed by atoms with Crippen molar-refractivity contribution in [2.24, 2.45) is 13.0 Å². The highest BCUT2D eigenvalue weighted by Gasteiger charge is 2.31. The van der Waals surface area contributed by atoms with Gasteiger partial charge in [0.15, 0.2) is 5.78 Å². The van der Waals surface area contributed by atoms with E-state index in [1.165, 1.54) is 11.6 Å². The van der Waals surface area contributed by atoms with Crippen LogP contribution in [0.3, 0.4) is 0 Å². The first-order chi connectivity index (χ1) is 14.8. The highest BCUT2D eigenvalue weighted by molar-refractivity contribution is 6.08. The molecule has 3 nitrogen and oxygen atoms in total. The molecule has 164 valence electrons. The van der Waals surface area contributed by atoms with Crippen LogP contribution in [0.2, 0.25) is 0 Å². The number of ketones is 1. The molecule has 0 atom stereocenters. The molecule has 0 aliphatic carbocycles. The highest BCUT2D eigenvalue weighted by Crippen LogP contribution is 2.33. The molecule has 1 saturated heterocycles. The van der Waals surface area contributed by atoms with Crippen LogP contribution in [0.4, 0.5) is 13.2 Å². The summed E-state index contributed by atoms with van der Waals surface area (Å²) in [5.41, 5.74) is 1.63. The van der Waals surface area contributed by atoms with Gasteiger partial charge in [-0.05, 0) is 62.0 Å². The Hall–Kier alpha value is -2.60. The molecule has 3 aromatic rings. The van der Waals surface area contributed by atoms with Gasteiger partial charge < -0.3 is 4.57 Å². The molecule has 0 bridgehead atoms. The number of rotatable bonds is 6. The molecule has 0 radical (unpaired) electrons. The summed E-state index contributed by atoms with van der Waals surface area (Å²) >= 11 is 0. The fourth-order valence-electron chi connectivity index (χ4n) is 4.54. The maximum atomic E-state index is 13.1. The minimum atomic E-state index is -4.42. The van der Waals surface area contributed by atoms with Gasteiger partial charge in [-0.3, -0.25) is 9.69 Å². The summed E-state index contributed by atoms with van der Waals surface area (Å²) in [5.74, 6) is 0.410. The zero-order valence-electron chi connectivity index (χ0n) is 17.7. The number of Topliss-reactive ketones (excluding diaryl/α,β-unsaturated/α-hetero) is 1. The number of alkyl halides is 3. The average Bonchev–Trinajstić information content (AvgIpc) is 3.09. The van der Waals surface area contributed by atoms with Gasteiger partial charge in [-0.15, -0.1) is 0 Å². The van der Waals surface area contributed by atoms with E-state index in [1.807, 2.05) is 6.07 Å². The first kappa shape index (κ1) is 21.6. The van der Waals surface area contributed by atoms with E-state index < -0.39 is 11.7 Å². The lowest BCUT2D eigenvalue weighted by Gasteiger charge is -2.32. The fourth-order valence-corrected chi connectivity index (χ4v) is 4.54. The number of halogens is 3. The quantitative estimate of drug-likeness (QED) is 0.445. The summed E-state index contributed by atoms with van der Waals surface area (Å²) in [6, 6.07) is 14.0. The number of nitrogens with zero attached hydrogens (tertiary/aromatic N) is 2. The third kappa shape index (κ3) is 5.01. The minimum absolute atomic E-state index is 0.0726. The number of aromatic nitrogens is 1. The van der Waals surface area contributed by atoms with Gasteiger partial charge in [-0.1, -0.05) is 30.3 Å². The molecule has 2 aromatic carbocycles. The van der Waals surface area contributed by atoms with Crippen molar-refractivity contribution in [2.45, 2.75) is 38.4 Å². The molecule has 4 rings (SSSR count). The summed E-state index contributed by atoms with van der Waals surface area (Å²) in [5, 5.41) is 0.389. The Morgan fingerprint density at radius 1 is 1.06 bits per heavy atom. The van der Waals surface area contributed by atoms with Gasteiger partial charge in [0.05, 0.1) is 5.56 Å². The molecule has 6 heteroatoms. The normalized spacial score (nSPS) is 16.1. The second kappa shape index (κ2) is 8.87. The van der Waals surface area contributed by atoms with Gasteiger partial charge in [0.1, 0.15) is 0 Å². The zero-order valence-corrected chi connectivity index (χ0v) is 17.7. The van der Waals surface area contributed by atoms with Gasteiger partial charge >= 0.3 is 6.18 Å². The van der Waals surface area contributed by atoms with Crippen LogP contribution in [-0.2, 0) is 19.8 Å². The number of fused-ring (bicyclic) bond motifs is 1. The van der Waals surface area contributed by atoms with Crippen LogP contribution in [0.5, 0.6) is 0 Å². The summed E-state index contributed by atoms with van der Waals surface area (Å²) in [6.07, 6.45) is 0.501. The van der Waals surface area contributed by atoms with E-state index >= 15 is 0 Å². The lowest BCUT2D eigenvalue weighted by molar-refractivity contribution is -0.137. The molecule has 0 saturated carbocycles. The molecule has 0 spiro atoms. The summed E-state index contributed by atoms with van der Waals surface area (Å²) < 4.78 is 41.1. The molecule has 1 aliphatic heterocycles. The Labute approximate surface area is 180 Å². The lowest BCUT2D eigenvalue weighted by atomic mass is 9.90. The Kier molecular flexibility index (Phi) is 6.19. The number of hydrogen-bond donors (Lipinski definition) is 0. The standard InChI is InChI=1S/C25H27F3N2O/c1-29-17-22(21-15-20(25(26,27)28)8-9-23(21)29)24(31)10-7-18-11-13-30(14-12-18)16-19-5-3-2-4-6-19/h2-6,8-9,15,17-18H,7,10-14,16H2,1H3. The predicted molar refractivity (Wildman–Crippen MR) is 116 cm³/mol. The van der Waals surface area contributed by atoms with Crippen LogP contribution >= 0.6 is 0 Å². The Balaban J connectivity index is 1.36. The molecule has 1 aromatic heterocycles. The van der Waals surface area contributed by atoms with E-state index in [9.17, 15) is 18.0 Å². The molecular weight excluding hydrogens is 401 g/mol.